The highest BCUT2D eigenvalue weighted by molar-refractivity contribution is 6.02. The molecule has 0 heterocycles. The summed E-state index contributed by atoms with van der Waals surface area (Å²) in [5.41, 5.74) is 2.76. The van der Waals surface area contributed by atoms with E-state index in [0.717, 1.165) is 11.1 Å². The number of hydrogen-bond acceptors (Lipinski definition) is 2. The van der Waals surface area contributed by atoms with Crippen LogP contribution in [0.15, 0.2) is 54.6 Å². The third-order valence-electron chi connectivity index (χ3n) is 2.58. The van der Waals surface area contributed by atoms with Gasteiger partial charge in [0.25, 0.3) is 0 Å². The smallest absolute Gasteiger partial charge is 0.169 e. The molecule has 2 rings (SSSR count). The Hall–Kier alpha value is -2.22. The first-order chi connectivity index (χ1) is 8.31. The maximum atomic E-state index is 11.5. The van der Waals surface area contributed by atoms with E-state index in [2.05, 4.69) is 0 Å². The Bertz CT molecular complexity index is 512. The Balaban J connectivity index is 2.24. The second-order valence-electron chi connectivity index (χ2n) is 3.74. The number of benzene rings is 2. The van der Waals surface area contributed by atoms with Crippen LogP contribution in [0.1, 0.15) is 16.8 Å². The van der Waals surface area contributed by atoms with Crippen molar-refractivity contribution in [1.29, 1.82) is 0 Å². The number of aldehydes is 1. The number of rotatable bonds is 4. The van der Waals surface area contributed by atoms with Crippen LogP contribution in [-0.4, -0.2) is 12.1 Å². The molecule has 0 aliphatic rings. The molecule has 0 fully saturated rings. The SMILES string of the molecule is O=CCC(=O)c1ccc(-c2ccccc2)cc1. The molecular weight excluding hydrogens is 212 g/mol. The third kappa shape index (κ3) is 2.67. The molecule has 0 saturated carbocycles. The van der Waals surface area contributed by atoms with E-state index in [1.807, 2.05) is 42.5 Å². The normalized spacial score (nSPS) is 9.88. The van der Waals surface area contributed by atoms with Crippen LogP contribution >= 0.6 is 0 Å². The lowest BCUT2D eigenvalue weighted by molar-refractivity contribution is -0.107. The minimum atomic E-state index is -0.139. The highest BCUT2D eigenvalue weighted by atomic mass is 16.1. The van der Waals surface area contributed by atoms with Crippen molar-refractivity contribution in [3.8, 4) is 11.1 Å². The predicted octanol–water partition coefficient (Wildman–Crippen LogP) is 3.13. The number of hydrogen-bond donors (Lipinski definition) is 0. The Labute approximate surface area is 99.9 Å². The fraction of sp³-hybridized carbons (Fsp3) is 0.0667. The number of carbonyl (C=O) groups excluding carboxylic acids is 2. The molecule has 2 aromatic rings. The van der Waals surface area contributed by atoms with Crippen molar-refractivity contribution in [3.05, 3.63) is 60.2 Å². The maximum Gasteiger partial charge on any atom is 0.169 e. The average molecular weight is 224 g/mol. The molecule has 0 saturated heterocycles. The fourth-order valence-electron chi connectivity index (χ4n) is 1.67. The first-order valence-electron chi connectivity index (χ1n) is 5.43. The zero-order valence-corrected chi connectivity index (χ0v) is 9.30. The lowest BCUT2D eigenvalue weighted by atomic mass is 10.0. The van der Waals surface area contributed by atoms with Crippen molar-refractivity contribution in [2.24, 2.45) is 0 Å². The fourth-order valence-corrected chi connectivity index (χ4v) is 1.67. The molecule has 0 spiro atoms. The Kier molecular flexibility index (Phi) is 3.46. The maximum absolute atomic E-state index is 11.5. The Morgan fingerprint density at radius 3 is 2.06 bits per heavy atom. The van der Waals surface area contributed by atoms with E-state index in [9.17, 15) is 9.59 Å². The zero-order chi connectivity index (χ0) is 12.1. The minimum absolute atomic E-state index is 0.0509. The van der Waals surface area contributed by atoms with E-state index >= 15 is 0 Å². The lowest BCUT2D eigenvalue weighted by Crippen LogP contribution is -1.98. The lowest BCUT2D eigenvalue weighted by Gasteiger charge is -2.02. The summed E-state index contributed by atoms with van der Waals surface area (Å²) >= 11 is 0. The summed E-state index contributed by atoms with van der Waals surface area (Å²) in [7, 11) is 0. The van der Waals surface area contributed by atoms with Gasteiger partial charge in [-0.15, -0.1) is 0 Å². The van der Waals surface area contributed by atoms with Gasteiger partial charge in [0.2, 0.25) is 0 Å². The molecule has 0 N–H and O–H groups in total. The zero-order valence-electron chi connectivity index (χ0n) is 9.30. The summed E-state index contributed by atoms with van der Waals surface area (Å²) in [6.45, 7) is 0. The van der Waals surface area contributed by atoms with E-state index in [1.165, 1.54) is 0 Å². The first kappa shape index (κ1) is 11.3. The van der Waals surface area contributed by atoms with Crippen LogP contribution in [-0.2, 0) is 4.79 Å². The van der Waals surface area contributed by atoms with Crippen LogP contribution in [0.3, 0.4) is 0 Å². The summed E-state index contributed by atoms with van der Waals surface area (Å²) in [6.07, 6.45) is 0.581. The van der Waals surface area contributed by atoms with Gasteiger partial charge in [-0.25, -0.2) is 0 Å². The summed E-state index contributed by atoms with van der Waals surface area (Å²) < 4.78 is 0. The van der Waals surface area contributed by atoms with Crippen molar-refractivity contribution in [1.82, 2.24) is 0 Å². The van der Waals surface area contributed by atoms with Crippen LogP contribution < -0.4 is 0 Å². The number of Topliss-reactive ketones (excluding diaryl/α,β-unsaturated/α-hetero) is 1. The topological polar surface area (TPSA) is 34.1 Å². The third-order valence-corrected chi connectivity index (χ3v) is 2.58. The summed E-state index contributed by atoms with van der Waals surface area (Å²) in [5, 5.41) is 0. The van der Waals surface area contributed by atoms with Crippen LogP contribution in [0, 0.1) is 0 Å². The summed E-state index contributed by atoms with van der Waals surface area (Å²) in [5.74, 6) is -0.139. The monoisotopic (exact) mass is 224 g/mol. The molecule has 0 aliphatic heterocycles. The van der Waals surface area contributed by atoms with Crippen molar-refractivity contribution >= 4 is 12.1 Å². The van der Waals surface area contributed by atoms with Gasteiger partial charge in [-0.3, -0.25) is 4.79 Å². The van der Waals surface area contributed by atoms with Crippen molar-refractivity contribution < 1.29 is 9.59 Å². The second kappa shape index (κ2) is 5.21. The van der Waals surface area contributed by atoms with Gasteiger partial charge in [-0.05, 0) is 11.1 Å². The highest BCUT2D eigenvalue weighted by Gasteiger charge is 2.04. The van der Waals surface area contributed by atoms with Crippen molar-refractivity contribution in [3.63, 3.8) is 0 Å². The summed E-state index contributed by atoms with van der Waals surface area (Å²) in [4.78, 5) is 21.7. The number of carbonyl (C=O) groups is 2. The van der Waals surface area contributed by atoms with Crippen LogP contribution in [0.25, 0.3) is 11.1 Å². The quantitative estimate of drug-likeness (QED) is 0.454. The molecule has 2 aromatic carbocycles. The summed E-state index contributed by atoms with van der Waals surface area (Å²) in [6, 6.07) is 17.3. The van der Waals surface area contributed by atoms with Gasteiger partial charge < -0.3 is 4.79 Å². The van der Waals surface area contributed by atoms with Gasteiger partial charge >= 0.3 is 0 Å². The van der Waals surface area contributed by atoms with Crippen molar-refractivity contribution in [2.75, 3.05) is 0 Å². The molecule has 0 unspecified atom stereocenters. The van der Waals surface area contributed by atoms with E-state index < -0.39 is 0 Å². The van der Waals surface area contributed by atoms with E-state index in [4.69, 9.17) is 0 Å². The molecule has 17 heavy (non-hydrogen) atoms. The van der Waals surface area contributed by atoms with Gasteiger partial charge in [-0.1, -0.05) is 54.6 Å². The molecule has 2 nitrogen and oxygen atoms in total. The molecule has 0 amide bonds. The molecule has 0 radical (unpaired) electrons. The largest absolute Gasteiger partial charge is 0.303 e. The first-order valence-corrected chi connectivity index (χ1v) is 5.43. The molecule has 0 bridgehead atoms. The van der Waals surface area contributed by atoms with E-state index in [0.29, 0.717) is 11.8 Å². The van der Waals surface area contributed by atoms with Gasteiger partial charge in [0.1, 0.15) is 6.29 Å². The van der Waals surface area contributed by atoms with Crippen LogP contribution in [0.5, 0.6) is 0 Å². The van der Waals surface area contributed by atoms with E-state index in [1.54, 1.807) is 12.1 Å². The standard InChI is InChI=1S/C15H12O2/c16-11-10-15(17)14-8-6-13(7-9-14)12-4-2-1-3-5-12/h1-9,11H,10H2. The van der Waals surface area contributed by atoms with Crippen LogP contribution in [0.4, 0.5) is 0 Å². The highest BCUT2D eigenvalue weighted by Crippen LogP contribution is 2.19. The minimum Gasteiger partial charge on any atom is -0.303 e. The molecule has 0 aromatic heterocycles. The van der Waals surface area contributed by atoms with Gasteiger partial charge in [0.15, 0.2) is 5.78 Å². The van der Waals surface area contributed by atoms with Gasteiger partial charge in [0.05, 0.1) is 6.42 Å². The predicted molar refractivity (Wildman–Crippen MR) is 66.9 cm³/mol. The van der Waals surface area contributed by atoms with Gasteiger partial charge in [0, 0.05) is 5.56 Å². The average Bonchev–Trinajstić information content (AvgIpc) is 2.40. The number of ketones is 1. The Morgan fingerprint density at radius 1 is 0.882 bits per heavy atom. The molecular formula is C15H12O2. The van der Waals surface area contributed by atoms with Gasteiger partial charge in [-0.2, -0.15) is 0 Å². The van der Waals surface area contributed by atoms with E-state index in [-0.39, 0.29) is 12.2 Å². The molecule has 2 heteroatoms. The molecule has 0 aliphatic carbocycles. The van der Waals surface area contributed by atoms with Crippen LogP contribution in [0.2, 0.25) is 0 Å². The molecule has 0 atom stereocenters. The Morgan fingerprint density at radius 2 is 1.47 bits per heavy atom. The van der Waals surface area contributed by atoms with Crippen molar-refractivity contribution in [2.45, 2.75) is 6.42 Å². The molecule has 84 valence electrons. The second-order valence-corrected chi connectivity index (χ2v) is 3.74.